The Balaban J connectivity index is 0. The topological polar surface area (TPSA) is 43.8 Å². The summed E-state index contributed by atoms with van der Waals surface area (Å²) in [6.07, 6.45) is 0. The van der Waals surface area contributed by atoms with E-state index in [0.717, 1.165) is 31.9 Å². The van der Waals surface area contributed by atoms with Gasteiger partial charge in [-0.1, -0.05) is 41.5 Å². The van der Waals surface area contributed by atoms with Crippen molar-refractivity contribution in [2.45, 2.75) is 48.5 Å². The molecule has 1 aromatic rings. The molecule has 1 heterocycles. The van der Waals surface area contributed by atoms with Crippen LogP contribution in [0.2, 0.25) is 0 Å². The van der Waals surface area contributed by atoms with E-state index in [2.05, 4.69) is 4.90 Å². The van der Waals surface area contributed by atoms with E-state index in [1.165, 1.54) is 0 Å². The standard InChI is InChI=1S/C12H16N2O2.3C2H6/c1-10(15)13-6-8-14(9-7-13)11-2-4-12(16)5-3-11;3*1-2/h2-5,16H,6-9H2,1H3;3*1-2H3. The Hall–Kier alpha value is -1.71. The van der Waals surface area contributed by atoms with Gasteiger partial charge in [-0.05, 0) is 24.3 Å². The Morgan fingerprint density at radius 3 is 1.64 bits per heavy atom. The first kappa shape index (κ1) is 22.6. The summed E-state index contributed by atoms with van der Waals surface area (Å²) in [6, 6.07) is 7.18. The van der Waals surface area contributed by atoms with Crippen LogP contribution in [0, 0.1) is 0 Å². The zero-order valence-corrected chi connectivity index (χ0v) is 15.4. The third-order valence-electron chi connectivity index (χ3n) is 2.94. The van der Waals surface area contributed by atoms with E-state index in [9.17, 15) is 9.90 Å². The molecule has 1 aromatic carbocycles. The number of hydrogen-bond donors (Lipinski definition) is 1. The van der Waals surface area contributed by atoms with Crippen LogP contribution in [0.1, 0.15) is 48.5 Å². The second-order valence-electron chi connectivity index (χ2n) is 4.01. The number of nitrogens with zero attached hydrogens (tertiary/aromatic N) is 2. The van der Waals surface area contributed by atoms with Crippen LogP contribution in [0.15, 0.2) is 24.3 Å². The van der Waals surface area contributed by atoms with Crippen molar-refractivity contribution in [3.63, 3.8) is 0 Å². The lowest BCUT2D eigenvalue weighted by Gasteiger charge is -2.35. The fourth-order valence-electron chi connectivity index (χ4n) is 1.94. The minimum absolute atomic E-state index is 0.144. The summed E-state index contributed by atoms with van der Waals surface area (Å²) in [7, 11) is 0. The molecule has 0 aliphatic carbocycles. The maximum Gasteiger partial charge on any atom is 0.219 e. The highest BCUT2D eigenvalue weighted by atomic mass is 16.3. The molecule has 0 spiro atoms. The summed E-state index contributed by atoms with van der Waals surface area (Å²) in [6.45, 7) is 16.9. The molecule has 1 amide bonds. The lowest BCUT2D eigenvalue weighted by Crippen LogP contribution is -2.48. The van der Waals surface area contributed by atoms with E-state index in [-0.39, 0.29) is 11.7 Å². The van der Waals surface area contributed by atoms with Crippen molar-refractivity contribution in [3.05, 3.63) is 24.3 Å². The number of piperazine rings is 1. The zero-order valence-electron chi connectivity index (χ0n) is 15.4. The van der Waals surface area contributed by atoms with E-state index in [1.54, 1.807) is 19.1 Å². The van der Waals surface area contributed by atoms with Crippen LogP contribution in [0.5, 0.6) is 5.75 Å². The molecule has 1 fully saturated rings. The second kappa shape index (κ2) is 14.2. The van der Waals surface area contributed by atoms with Crippen molar-refractivity contribution in [3.8, 4) is 5.75 Å². The van der Waals surface area contributed by atoms with Crippen molar-refractivity contribution in [1.29, 1.82) is 0 Å². The maximum absolute atomic E-state index is 11.2. The lowest BCUT2D eigenvalue weighted by atomic mass is 10.2. The van der Waals surface area contributed by atoms with Gasteiger partial charge in [0.05, 0.1) is 0 Å². The van der Waals surface area contributed by atoms with Gasteiger partial charge >= 0.3 is 0 Å². The van der Waals surface area contributed by atoms with Gasteiger partial charge in [0.2, 0.25) is 5.91 Å². The average molecular weight is 310 g/mol. The van der Waals surface area contributed by atoms with E-state index >= 15 is 0 Å². The summed E-state index contributed by atoms with van der Waals surface area (Å²) in [5.41, 5.74) is 1.10. The van der Waals surface area contributed by atoms with Gasteiger partial charge in [0.25, 0.3) is 0 Å². The van der Waals surface area contributed by atoms with E-state index in [1.807, 2.05) is 58.6 Å². The number of carbonyl (C=O) groups excluding carboxylic acids is 1. The van der Waals surface area contributed by atoms with Crippen molar-refractivity contribution in [2.75, 3.05) is 31.1 Å². The highest BCUT2D eigenvalue weighted by Gasteiger charge is 2.18. The third kappa shape index (κ3) is 7.91. The largest absolute Gasteiger partial charge is 0.508 e. The van der Waals surface area contributed by atoms with Gasteiger partial charge in [-0.3, -0.25) is 4.79 Å². The first-order valence-electron chi connectivity index (χ1n) is 8.46. The molecule has 128 valence electrons. The van der Waals surface area contributed by atoms with Crippen molar-refractivity contribution in [2.24, 2.45) is 0 Å². The summed E-state index contributed by atoms with van der Waals surface area (Å²) < 4.78 is 0. The molecule has 4 heteroatoms. The Morgan fingerprint density at radius 2 is 1.27 bits per heavy atom. The molecule has 1 aliphatic heterocycles. The predicted octanol–water partition coefficient (Wildman–Crippen LogP) is 4.14. The Bertz CT molecular complexity index is 369. The van der Waals surface area contributed by atoms with Gasteiger partial charge in [-0.15, -0.1) is 0 Å². The number of anilines is 1. The van der Waals surface area contributed by atoms with Gasteiger partial charge in [-0.2, -0.15) is 0 Å². The zero-order chi connectivity index (χ0) is 17.5. The Labute approximate surface area is 136 Å². The second-order valence-corrected chi connectivity index (χ2v) is 4.01. The molecule has 0 saturated carbocycles. The number of phenolic OH excluding ortho intramolecular Hbond substituents is 1. The van der Waals surface area contributed by atoms with Crippen LogP contribution in [0.3, 0.4) is 0 Å². The number of hydrogen-bond acceptors (Lipinski definition) is 3. The van der Waals surface area contributed by atoms with Gasteiger partial charge in [0.1, 0.15) is 5.75 Å². The molecular formula is C18H34N2O2. The van der Waals surface area contributed by atoms with Crippen LogP contribution >= 0.6 is 0 Å². The van der Waals surface area contributed by atoms with Gasteiger partial charge in [0.15, 0.2) is 0 Å². The summed E-state index contributed by atoms with van der Waals surface area (Å²) in [4.78, 5) is 15.2. The molecule has 22 heavy (non-hydrogen) atoms. The van der Waals surface area contributed by atoms with E-state index in [0.29, 0.717) is 0 Å². The van der Waals surface area contributed by atoms with Crippen molar-refractivity contribution >= 4 is 11.6 Å². The molecule has 0 bridgehead atoms. The molecular weight excluding hydrogens is 276 g/mol. The van der Waals surface area contributed by atoms with Crippen LogP contribution in [-0.2, 0) is 4.79 Å². The SMILES string of the molecule is CC.CC.CC.CC(=O)N1CCN(c2ccc(O)cc2)CC1. The first-order chi connectivity index (χ1) is 10.7. The lowest BCUT2D eigenvalue weighted by molar-refractivity contribution is -0.129. The highest BCUT2D eigenvalue weighted by molar-refractivity contribution is 5.73. The fraction of sp³-hybridized carbons (Fsp3) is 0.611. The van der Waals surface area contributed by atoms with Gasteiger partial charge < -0.3 is 14.9 Å². The third-order valence-corrected chi connectivity index (χ3v) is 2.94. The first-order valence-corrected chi connectivity index (χ1v) is 8.46. The number of rotatable bonds is 1. The minimum Gasteiger partial charge on any atom is -0.508 e. The number of benzene rings is 1. The number of amides is 1. The number of carbonyl (C=O) groups is 1. The van der Waals surface area contributed by atoms with E-state index < -0.39 is 0 Å². The Morgan fingerprint density at radius 1 is 0.864 bits per heavy atom. The maximum atomic E-state index is 11.2. The van der Waals surface area contributed by atoms with Crippen molar-refractivity contribution < 1.29 is 9.90 Å². The molecule has 0 aromatic heterocycles. The molecule has 2 rings (SSSR count). The normalized spacial score (nSPS) is 12.7. The average Bonchev–Trinajstić information content (AvgIpc) is 2.61. The van der Waals surface area contributed by atoms with Gasteiger partial charge in [-0.25, -0.2) is 0 Å². The summed E-state index contributed by atoms with van der Waals surface area (Å²) >= 11 is 0. The molecule has 1 N–H and O–H groups in total. The summed E-state index contributed by atoms with van der Waals surface area (Å²) in [5, 5.41) is 9.20. The molecule has 1 aliphatic rings. The van der Waals surface area contributed by atoms with Gasteiger partial charge in [0, 0.05) is 38.8 Å². The molecule has 0 radical (unpaired) electrons. The highest BCUT2D eigenvalue weighted by Crippen LogP contribution is 2.19. The van der Waals surface area contributed by atoms with Crippen LogP contribution in [0.25, 0.3) is 0 Å². The van der Waals surface area contributed by atoms with Crippen molar-refractivity contribution in [1.82, 2.24) is 4.90 Å². The minimum atomic E-state index is 0.144. The molecule has 0 atom stereocenters. The Kier molecular flexibility index (Phi) is 14.6. The number of aromatic hydroxyl groups is 1. The fourth-order valence-corrected chi connectivity index (χ4v) is 1.94. The van der Waals surface area contributed by atoms with Crippen LogP contribution in [-0.4, -0.2) is 42.1 Å². The smallest absolute Gasteiger partial charge is 0.219 e. The predicted molar refractivity (Wildman–Crippen MR) is 96.6 cm³/mol. The molecule has 4 nitrogen and oxygen atoms in total. The van der Waals surface area contributed by atoms with E-state index in [4.69, 9.17) is 0 Å². The summed E-state index contributed by atoms with van der Waals surface area (Å²) in [5.74, 6) is 0.427. The molecule has 1 saturated heterocycles. The number of phenols is 1. The molecule has 0 unspecified atom stereocenters. The monoisotopic (exact) mass is 310 g/mol. The van der Waals surface area contributed by atoms with Crippen LogP contribution in [0.4, 0.5) is 5.69 Å². The quantitative estimate of drug-likeness (QED) is 0.848. The van der Waals surface area contributed by atoms with Crippen LogP contribution < -0.4 is 4.90 Å².